The van der Waals surface area contributed by atoms with Gasteiger partial charge < -0.3 is 5.11 Å². The highest BCUT2D eigenvalue weighted by Gasteiger charge is 2.22. The molecular weight excluding hydrogens is 261 g/mol. The van der Waals surface area contributed by atoms with Gasteiger partial charge in [0.1, 0.15) is 23.6 Å². The lowest BCUT2D eigenvalue weighted by atomic mass is 10.1. The standard InChI is InChI=1S/C13H11F3OS/c1-2-8-3-4-11(18-8)13(17)12-9(15)5-7(14)6-10(12)16/h3-6,13,17H,2H2,1H3. The van der Waals surface area contributed by atoms with E-state index in [-0.39, 0.29) is 0 Å². The van der Waals surface area contributed by atoms with E-state index >= 15 is 0 Å². The molecule has 1 atom stereocenters. The number of thiophene rings is 1. The van der Waals surface area contributed by atoms with Crippen molar-refractivity contribution in [1.82, 2.24) is 0 Å². The molecule has 0 bridgehead atoms. The van der Waals surface area contributed by atoms with Crippen molar-refractivity contribution in [2.75, 3.05) is 0 Å². The second kappa shape index (κ2) is 5.12. The van der Waals surface area contributed by atoms with Gasteiger partial charge in [0.05, 0.1) is 5.56 Å². The Labute approximate surface area is 107 Å². The van der Waals surface area contributed by atoms with E-state index in [4.69, 9.17) is 0 Å². The van der Waals surface area contributed by atoms with Gasteiger partial charge in [0, 0.05) is 21.9 Å². The zero-order valence-corrected chi connectivity index (χ0v) is 10.4. The predicted octanol–water partition coefficient (Wildman–Crippen LogP) is 3.81. The molecule has 0 aliphatic rings. The van der Waals surface area contributed by atoms with Crippen LogP contribution < -0.4 is 0 Å². The quantitative estimate of drug-likeness (QED) is 0.900. The monoisotopic (exact) mass is 272 g/mol. The molecule has 0 radical (unpaired) electrons. The van der Waals surface area contributed by atoms with Crippen molar-refractivity contribution in [3.63, 3.8) is 0 Å². The molecule has 0 amide bonds. The molecule has 0 spiro atoms. The molecule has 1 aromatic heterocycles. The van der Waals surface area contributed by atoms with Gasteiger partial charge in [-0.1, -0.05) is 6.92 Å². The van der Waals surface area contributed by atoms with E-state index in [0.717, 1.165) is 11.3 Å². The topological polar surface area (TPSA) is 20.2 Å². The summed E-state index contributed by atoms with van der Waals surface area (Å²) in [5.74, 6) is -3.15. The average molecular weight is 272 g/mol. The molecular formula is C13H11F3OS. The molecule has 96 valence electrons. The fraction of sp³-hybridized carbons (Fsp3) is 0.231. The van der Waals surface area contributed by atoms with Gasteiger partial charge in [-0.3, -0.25) is 0 Å². The van der Waals surface area contributed by atoms with Crippen LogP contribution in [0.25, 0.3) is 0 Å². The molecule has 1 unspecified atom stereocenters. The van der Waals surface area contributed by atoms with Crippen molar-refractivity contribution in [2.24, 2.45) is 0 Å². The van der Waals surface area contributed by atoms with Gasteiger partial charge in [-0.15, -0.1) is 11.3 Å². The van der Waals surface area contributed by atoms with Crippen LogP contribution in [0.5, 0.6) is 0 Å². The number of hydrogen-bond acceptors (Lipinski definition) is 2. The fourth-order valence-corrected chi connectivity index (χ4v) is 2.64. The van der Waals surface area contributed by atoms with Gasteiger partial charge in [-0.25, -0.2) is 13.2 Å². The maximum atomic E-state index is 13.5. The molecule has 1 N–H and O–H groups in total. The Bertz CT molecular complexity index is 542. The lowest BCUT2D eigenvalue weighted by Gasteiger charge is -2.11. The molecule has 1 heterocycles. The van der Waals surface area contributed by atoms with E-state index in [1.807, 2.05) is 6.92 Å². The summed E-state index contributed by atoms with van der Waals surface area (Å²) in [5.41, 5.74) is -0.513. The van der Waals surface area contributed by atoms with Crippen LogP contribution in [0, 0.1) is 17.5 Å². The van der Waals surface area contributed by atoms with E-state index in [1.165, 1.54) is 11.3 Å². The summed E-state index contributed by atoms with van der Waals surface area (Å²) in [6.07, 6.45) is -0.623. The molecule has 1 nitrogen and oxygen atoms in total. The first kappa shape index (κ1) is 13.1. The maximum Gasteiger partial charge on any atom is 0.135 e. The van der Waals surface area contributed by atoms with E-state index < -0.39 is 29.1 Å². The lowest BCUT2D eigenvalue weighted by Crippen LogP contribution is -2.05. The summed E-state index contributed by atoms with van der Waals surface area (Å²) in [6.45, 7) is 1.95. The third kappa shape index (κ3) is 2.42. The summed E-state index contributed by atoms with van der Waals surface area (Å²) in [4.78, 5) is 1.45. The number of rotatable bonds is 3. The zero-order chi connectivity index (χ0) is 13.3. The molecule has 0 fully saturated rings. The van der Waals surface area contributed by atoms with Crippen LogP contribution in [0.4, 0.5) is 13.2 Å². The van der Waals surface area contributed by atoms with Crippen LogP contribution in [-0.4, -0.2) is 5.11 Å². The molecule has 0 saturated heterocycles. The highest BCUT2D eigenvalue weighted by atomic mass is 32.1. The van der Waals surface area contributed by atoms with Crippen LogP contribution in [0.1, 0.15) is 28.3 Å². The normalized spacial score (nSPS) is 12.7. The molecule has 18 heavy (non-hydrogen) atoms. The van der Waals surface area contributed by atoms with Crippen molar-refractivity contribution in [3.8, 4) is 0 Å². The van der Waals surface area contributed by atoms with Crippen LogP contribution >= 0.6 is 11.3 Å². The number of halogens is 3. The molecule has 5 heteroatoms. The first-order valence-corrected chi connectivity index (χ1v) is 6.25. The van der Waals surface area contributed by atoms with Gasteiger partial charge in [0.15, 0.2) is 0 Å². The fourth-order valence-electron chi connectivity index (χ4n) is 1.69. The smallest absolute Gasteiger partial charge is 0.135 e. The first-order valence-electron chi connectivity index (χ1n) is 5.44. The Hall–Kier alpha value is -1.33. The number of benzene rings is 1. The summed E-state index contributed by atoms with van der Waals surface area (Å²) in [7, 11) is 0. The summed E-state index contributed by atoms with van der Waals surface area (Å²) in [5, 5.41) is 9.96. The Morgan fingerprint density at radius 2 is 1.78 bits per heavy atom. The van der Waals surface area contributed by atoms with Gasteiger partial charge in [-0.2, -0.15) is 0 Å². The Balaban J connectivity index is 2.42. The van der Waals surface area contributed by atoms with Gasteiger partial charge in [0.25, 0.3) is 0 Å². The SMILES string of the molecule is CCc1ccc(C(O)c2c(F)cc(F)cc2F)s1. The molecule has 2 aromatic rings. The third-order valence-corrected chi connectivity index (χ3v) is 3.90. The minimum atomic E-state index is -1.41. The van der Waals surface area contributed by atoms with Crippen LogP contribution in [0.2, 0.25) is 0 Å². The predicted molar refractivity (Wildman–Crippen MR) is 64.1 cm³/mol. The minimum Gasteiger partial charge on any atom is -0.383 e. The Morgan fingerprint density at radius 1 is 1.17 bits per heavy atom. The highest BCUT2D eigenvalue weighted by molar-refractivity contribution is 7.12. The van der Waals surface area contributed by atoms with E-state index in [9.17, 15) is 18.3 Å². The van der Waals surface area contributed by atoms with Gasteiger partial charge >= 0.3 is 0 Å². The van der Waals surface area contributed by atoms with Crippen molar-refractivity contribution < 1.29 is 18.3 Å². The summed E-state index contributed by atoms with van der Waals surface area (Å²) < 4.78 is 39.8. The lowest BCUT2D eigenvalue weighted by molar-refractivity contribution is 0.212. The van der Waals surface area contributed by atoms with Crippen molar-refractivity contribution in [3.05, 3.63) is 57.0 Å². The summed E-state index contributed by atoms with van der Waals surface area (Å²) in [6, 6.07) is 4.55. The number of aliphatic hydroxyl groups excluding tert-OH is 1. The largest absolute Gasteiger partial charge is 0.383 e. The van der Waals surface area contributed by atoms with E-state index in [0.29, 0.717) is 17.0 Å². The van der Waals surface area contributed by atoms with Crippen molar-refractivity contribution in [1.29, 1.82) is 0 Å². The van der Waals surface area contributed by atoms with Crippen LogP contribution in [0.15, 0.2) is 24.3 Å². The number of hydrogen-bond donors (Lipinski definition) is 1. The molecule has 0 aliphatic heterocycles. The Morgan fingerprint density at radius 3 is 2.28 bits per heavy atom. The number of aliphatic hydroxyl groups is 1. The molecule has 0 aliphatic carbocycles. The van der Waals surface area contributed by atoms with Crippen molar-refractivity contribution >= 4 is 11.3 Å². The molecule has 2 rings (SSSR count). The van der Waals surface area contributed by atoms with Crippen LogP contribution in [-0.2, 0) is 6.42 Å². The second-order valence-corrected chi connectivity index (χ2v) is 5.04. The Kier molecular flexibility index (Phi) is 3.73. The average Bonchev–Trinajstić information content (AvgIpc) is 2.75. The first-order chi connectivity index (χ1) is 8.52. The maximum absolute atomic E-state index is 13.5. The van der Waals surface area contributed by atoms with Crippen molar-refractivity contribution in [2.45, 2.75) is 19.4 Å². The minimum absolute atomic E-state index is 0.441. The van der Waals surface area contributed by atoms with E-state index in [2.05, 4.69) is 0 Å². The molecule has 0 saturated carbocycles. The van der Waals surface area contributed by atoms with Gasteiger partial charge in [-0.05, 0) is 18.6 Å². The van der Waals surface area contributed by atoms with Crippen LogP contribution in [0.3, 0.4) is 0 Å². The molecule has 1 aromatic carbocycles. The highest BCUT2D eigenvalue weighted by Crippen LogP contribution is 2.32. The second-order valence-electron chi connectivity index (χ2n) is 3.84. The van der Waals surface area contributed by atoms with E-state index in [1.54, 1.807) is 12.1 Å². The van der Waals surface area contributed by atoms with Gasteiger partial charge in [0.2, 0.25) is 0 Å². The summed E-state index contributed by atoms with van der Waals surface area (Å²) >= 11 is 1.28. The third-order valence-electron chi connectivity index (χ3n) is 2.62. The number of aryl methyl sites for hydroxylation is 1. The zero-order valence-electron chi connectivity index (χ0n) is 9.58.